The minimum atomic E-state index is -0.747. The largest absolute Gasteiger partial charge is 0.493 e. The summed E-state index contributed by atoms with van der Waals surface area (Å²) in [5.41, 5.74) is 0.631. The van der Waals surface area contributed by atoms with Crippen molar-refractivity contribution in [1.82, 2.24) is 15.0 Å². The molecule has 0 bridgehead atoms. The zero-order valence-electron chi connectivity index (χ0n) is 20.0. The molecular weight excluding hydrogens is 514 g/mol. The van der Waals surface area contributed by atoms with E-state index in [4.69, 9.17) is 35.3 Å². The molecule has 5 rings (SSSR count). The van der Waals surface area contributed by atoms with Gasteiger partial charge in [-0.2, -0.15) is 4.98 Å². The molecule has 2 saturated heterocycles. The van der Waals surface area contributed by atoms with Gasteiger partial charge in [0.05, 0.1) is 30.4 Å². The number of imidazole rings is 1. The Balaban J connectivity index is 1.22. The zero-order chi connectivity index (χ0) is 25.9. The van der Waals surface area contributed by atoms with Gasteiger partial charge in [0.15, 0.2) is 11.8 Å². The molecule has 0 radical (unpaired) electrons. The van der Waals surface area contributed by atoms with Crippen LogP contribution in [0.25, 0.3) is 11.2 Å². The number of hydrogen-bond acceptors (Lipinski definition) is 9. The maximum absolute atomic E-state index is 14.6. The van der Waals surface area contributed by atoms with Crippen LogP contribution < -0.4 is 14.8 Å². The second-order valence-corrected chi connectivity index (χ2v) is 9.23. The highest BCUT2D eigenvalue weighted by Gasteiger charge is 2.48. The highest BCUT2D eigenvalue weighted by molar-refractivity contribution is 6.33. The predicted octanol–water partition coefficient (Wildman–Crippen LogP) is 3.21. The van der Waals surface area contributed by atoms with Crippen molar-refractivity contribution < 1.29 is 37.6 Å². The average Bonchev–Trinajstić information content (AvgIpc) is 3.55. The topological polar surface area (TPSA) is 120 Å². The smallest absolute Gasteiger partial charge is 0.296 e. The summed E-state index contributed by atoms with van der Waals surface area (Å²) in [4.78, 5) is 11.7. The fourth-order valence-corrected chi connectivity index (χ4v) is 4.52. The monoisotopic (exact) mass is 540 g/mol. The number of nitrogens with zero attached hydrogens (tertiary/aromatic N) is 2. The van der Waals surface area contributed by atoms with Crippen molar-refractivity contribution in [3.8, 4) is 11.8 Å². The van der Waals surface area contributed by atoms with Gasteiger partial charge in [0, 0.05) is 38.0 Å². The summed E-state index contributed by atoms with van der Waals surface area (Å²) in [6.07, 6.45) is -0.458. The molecule has 3 N–H and O–H groups in total. The lowest BCUT2D eigenvalue weighted by Crippen LogP contribution is -2.34. The van der Waals surface area contributed by atoms with Crippen molar-refractivity contribution in [2.24, 2.45) is 0 Å². The Kier molecular flexibility index (Phi) is 7.91. The third-order valence-corrected chi connectivity index (χ3v) is 6.50. The summed E-state index contributed by atoms with van der Waals surface area (Å²) < 4.78 is 56.6. The van der Waals surface area contributed by atoms with Crippen LogP contribution in [0.4, 0.5) is 14.6 Å². The van der Waals surface area contributed by atoms with Crippen molar-refractivity contribution in [3.63, 3.8) is 0 Å². The number of unbranched alkanes of at least 4 members (excludes halogenated alkanes) is 1. The number of rotatable bonds is 11. The van der Waals surface area contributed by atoms with E-state index in [0.717, 1.165) is 18.6 Å². The van der Waals surface area contributed by atoms with E-state index in [0.29, 0.717) is 30.8 Å². The first-order valence-electron chi connectivity index (χ1n) is 11.9. The maximum Gasteiger partial charge on any atom is 0.296 e. The van der Waals surface area contributed by atoms with Crippen LogP contribution in [-0.4, -0.2) is 78.0 Å². The first kappa shape index (κ1) is 25.9. The van der Waals surface area contributed by atoms with Crippen molar-refractivity contribution in [2.75, 3.05) is 38.9 Å². The quantitative estimate of drug-likeness (QED) is 0.315. The number of fused-ring (bicyclic) bond motifs is 2. The first-order chi connectivity index (χ1) is 17.9. The van der Waals surface area contributed by atoms with E-state index in [-0.39, 0.29) is 47.9 Å². The number of nitrogens with one attached hydrogen (secondary N) is 2. The number of aromatic amines is 1. The Bertz CT molecular complexity index is 1220. The normalized spacial score (nSPS) is 22.9. The third kappa shape index (κ3) is 5.73. The molecule has 37 heavy (non-hydrogen) atoms. The molecule has 10 nitrogen and oxygen atoms in total. The Morgan fingerprint density at radius 1 is 1.11 bits per heavy atom. The van der Waals surface area contributed by atoms with Crippen LogP contribution in [0.2, 0.25) is 5.02 Å². The lowest BCUT2D eigenvalue weighted by molar-refractivity contribution is 0.00706. The molecule has 0 unspecified atom stereocenters. The van der Waals surface area contributed by atoms with Crippen LogP contribution >= 0.6 is 11.6 Å². The van der Waals surface area contributed by atoms with Crippen LogP contribution in [-0.2, 0) is 20.8 Å². The fourth-order valence-electron chi connectivity index (χ4n) is 4.31. The number of aliphatic hydroxyl groups excluding tert-OH is 1. The molecule has 1 aromatic carbocycles. The van der Waals surface area contributed by atoms with Crippen LogP contribution in [0, 0.1) is 11.6 Å². The molecule has 3 aromatic rings. The number of H-pyrrole nitrogens is 1. The van der Waals surface area contributed by atoms with Crippen LogP contribution in [0.3, 0.4) is 0 Å². The highest BCUT2D eigenvalue weighted by Crippen LogP contribution is 2.31. The zero-order valence-corrected chi connectivity index (χ0v) is 20.8. The van der Waals surface area contributed by atoms with Crippen LogP contribution in [0.1, 0.15) is 18.4 Å². The van der Waals surface area contributed by atoms with Crippen molar-refractivity contribution in [2.45, 2.75) is 43.8 Å². The van der Waals surface area contributed by atoms with Gasteiger partial charge < -0.3 is 39.1 Å². The van der Waals surface area contributed by atoms with Crippen LogP contribution in [0.5, 0.6) is 11.8 Å². The SMILES string of the molecule is COCCCCOc1cc(F)c(CNc2nc3nc(O[C@@H]4CO[C@H]5[C@@H]4OC[C@H]5O)[nH]c3cc2Cl)c(F)c1. The summed E-state index contributed by atoms with van der Waals surface area (Å²) in [6.45, 7) is 1.17. The number of ether oxygens (including phenoxy) is 5. The van der Waals surface area contributed by atoms with Gasteiger partial charge in [0.2, 0.25) is 0 Å². The Morgan fingerprint density at radius 3 is 2.65 bits per heavy atom. The molecule has 2 fully saturated rings. The molecule has 4 atom stereocenters. The Labute approximate surface area is 216 Å². The Hall–Kier alpha value is -2.77. The summed E-state index contributed by atoms with van der Waals surface area (Å²) in [5.74, 6) is -1.17. The molecule has 13 heteroatoms. The summed E-state index contributed by atoms with van der Waals surface area (Å²) in [7, 11) is 1.61. The molecule has 2 aromatic heterocycles. The lowest BCUT2D eigenvalue weighted by atomic mass is 10.1. The summed E-state index contributed by atoms with van der Waals surface area (Å²) >= 11 is 6.34. The van der Waals surface area contributed by atoms with E-state index in [2.05, 4.69) is 20.3 Å². The molecule has 2 aliphatic heterocycles. The van der Waals surface area contributed by atoms with Crippen molar-refractivity contribution in [3.05, 3.63) is 40.4 Å². The van der Waals surface area contributed by atoms with Crippen molar-refractivity contribution >= 4 is 28.6 Å². The second-order valence-electron chi connectivity index (χ2n) is 8.82. The van der Waals surface area contributed by atoms with E-state index in [1.54, 1.807) is 13.2 Å². The number of pyridine rings is 1. The van der Waals surface area contributed by atoms with E-state index >= 15 is 0 Å². The molecular formula is C24H27ClF2N4O6. The molecule has 0 aliphatic carbocycles. The molecule has 200 valence electrons. The fraction of sp³-hybridized carbons (Fsp3) is 0.500. The van der Waals surface area contributed by atoms with Gasteiger partial charge in [0.25, 0.3) is 6.01 Å². The number of hydrogen-bond donors (Lipinski definition) is 3. The van der Waals surface area contributed by atoms with E-state index in [1.165, 1.54) is 0 Å². The minimum Gasteiger partial charge on any atom is -0.493 e. The Morgan fingerprint density at radius 2 is 1.86 bits per heavy atom. The number of aliphatic hydroxyl groups is 1. The number of halogens is 3. The van der Waals surface area contributed by atoms with Gasteiger partial charge in [-0.3, -0.25) is 0 Å². The van der Waals surface area contributed by atoms with Gasteiger partial charge in [0.1, 0.15) is 41.5 Å². The molecule has 0 amide bonds. The van der Waals surface area contributed by atoms with E-state index in [9.17, 15) is 13.9 Å². The minimum absolute atomic E-state index is 0.120. The second kappa shape index (κ2) is 11.3. The number of aromatic nitrogens is 3. The van der Waals surface area contributed by atoms with Crippen molar-refractivity contribution in [1.29, 1.82) is 0 Å². The van der Waals surface area contributed by atoms with E-state index in [1.807, 2.05) is 0 Å². The predicted molar refractivity (Wildman–Crippen MR) is 129 cm³/mol. The molecule has 0 saturated carbocycles. The van der Waals surface area contributed by atoms with Gasteiger partial charge in [-0.05, 0) is 18.9 Å². The van der Waals surface area contributed by atoms with Gasteiger partial charge >= 0.3 is 0 Å². The van der Waals surface area contributed by atoms with Gasteiger partial charge in [-0.1, -0.05) is 11.6 Å². The number of benzene rings is 1. The highest BCUT2D eigenvalue weighted by atomic mass is 35.5. The molecule has 2 aliphatic rings. The van der Waals surface area contributed by atoms with E-state index < -0.39 is 36.1 Å². The van der Waals surface area contributed by atoms with Gasteiger partial charge in [-0.25, -0.2) is 13.8 Å². The standard InChI is InChI=1S/C24H27ClF2N4O6/c1-33-4-2-3-5-34-12-6-15(26)13(16(27)7-12)9-28-22-14(25)8-17-23(30-22)31-24(29-17)37-19-11-36-20-18(32)10-35-21(19)20/h6-8,18-21,32H,2-5,9-11H2,1H3,(H2,28,29,30,31)/t18-,19-,20-,21-/m1/s1. The molecule has 0 spiro atoms. The number of anilines is 1. The number of methoxy groups -OCH3 is 1. The average molecular weight is 541 g/mol. The summed E-state index contributed by atoms with van der Waals surface area (Å²) in [5, 5.41) is 13.0. The lowest BCUT2D eigenvalue weighted by Gasteiger charge is -2.15. The van der Waals surface area contributed by atoms with Gasteiger partial charge in [-0.15, -0.1) is 0 Å². The third-order valence-electron chi connectivity index (χ3n) is 6.21. The first-order valence-corrected chi connectivity index (χ1v) is 12.3. The molecule has 4 heterocycles. The maximum atomic E-state index is 14.6. The summed E-state index contributed by atoms with van der Waals surface area (Å²) in [6, 6.07) is 4.07. The van der Waals surface area contributed by atoms with Crippen LogP contribution in [0.15, 0.2) is 18.2 Å².